The molecule has 2 atom stereocenters. The first-order chi connectivity index (χ1) is 11.7. The van der Waals surface area contributed by atoms with Crippen LogP contribution in [0.4, 0.5) is 0 Å². The minimum Gasteiger partial charge on any atom is -0.356 e. The maximum atomic E-state index is 4.57. The molecule has 0 spiro atoms. The molecular formula is C17H26N6S. The van der Waals surface area contributed by atoms with Crippen LogP contribution in [0.5, 0.6) is 0 Å². The summed E-state index contributed by atoms with van der Waals surface area (Å²) in [5.74, 6) is 3.26. The van der Waals surface area contributed by atoms with Gasteiger partial charge in [-0.05, 0) is 43.6 Å². The monoisotopic (exact) mass is 346 g/mol. The van der Waals surface area contributed by atoms with Crippen molar-refractivity contribution in [2.24, 2.45) is 10.9 Å². The molecular weight excluding hydrogens is 320 g/mol. The quantitative estimate of drug-likeness (QED) is 0.645. The standard InChI is InChI=1S/C17H26N6S/c1-12(10-14-6-5-9-24-14)11-19-17(18-3)21-15-7-4-8-23-16(15)20-13(2)22-23/h5-6,9,12,15H,4,7-8,10-11H2,1-3H3,(H2,18,19,21). The van der Waals surface area contributed by atoms with E-state index in [2.05, 4.69) is 50.1 Å². The summed E-state index contributed by atoms with van der Waals surface area (Å²) in [5.41, 5.74) is 0. The first kappa shape index (κ1) is 17.0. The lowest BCUT2D eigenvalue weighted by Gasteiger charge is -2.25. The zero-order valence-corrected chi connectivity index (χ0v) is 15.4. The molecule has 7 heteroatoms. The molecule has 2 aromatic heterocycles. The molecule has 0 saturated heterocycles. The van der Waals surface area contributed by atoms with Gasteiger partial charge in [-0.3, -0.25) is 4.99 Å². The third-order valence-electron chi connectivity index (χ3n) is 4.26. The lowest BCUT2D eigenvalue weighted by atomic mass is 10.1. The molecule has 0 bridgehead atoms. The summed E-state index contributed by atoms with van der Waals surface area (Å²) in [6.45, 7) is 6.07. The van der Waals surface area contributed by atoms with Crippen molar-refractivity contribution in [1.29, 1.82) is 0 Å². The van der Waals surface area contributed by atoms with Gasteiger partial charge in [0, 0.05) is 25.0 Å². The van der Waals surface area contributed by atoms with Gasteiger partial charge >= 0.3 is 0 Å². The van der Waals surface area contributed by atoms with Crippen LogP contribution in [-0.2, 0) is 13.0 Å². The molecule has 0 radical (unpaired) electrons. The topological polar surface area (TPSA) is 67.1 Å². The number of thiophene rings is 1. The highest BCUT2D eigenvalue weighted by atomic mass is 32.1. The van der Waals surface area contributed by atoms with E-state index in [1.807, 2.05) is 30.0 Å². The predicted molar refractivity (Wildman–Crippen MR) is 98.4 cm³/mol. The molecule has 3 rings (SSSR count). The van der Waals surface area contributed by atoms with Crippen molar-refractivity contribution in [3.63, 3.8) is 0 Å². The van der Waals surface area contributed by atoms with Gasteiger partial charge in [0.05, 0.1) is 6.04 Å². The Morgan fingerprint density at radius 1 is 1.54 bits per heavy atom. The largest absolute Gasteiger partial charge is 0.356 e. The normalized spacial score (nSPS) is 19.0. The highest BCUT2D eigenvalue weighted by Gasteiger charge is 2.24. The number of guanidine groups is 1. The molecule has 3 heterocycles. The van der Waals surface area contributed by atoms with Crippen molar-refractivity contribution in [2.75, 3.05) is 13.6 Å². The van der Waals surface area contributed by atoms with Crippen molar-refractivity contribution in [2.45, 2.75) is 45.7 Å². The third-order valence-corrected chi connectivity index (χ3v) is 5.16. The number of hydrogen-bond acceptors (Lipinski definition) is 4. The van der Waals surface area contributed by atoms with E-state index in [9.17, 15) is 0 Å². The Morgan fingerprint density at radius 3 is 3.17 bits per heavy atom. The van der Waals surface area contributed by atoms with E-state index in [0.29, 0.717) is 5.92 Å². The second-order valence-corrected chi connectivity index (χ2v) is 7.45. The Labute approximate surface area is 147 Å². The maximum absolute atomic E-state index is 4.57. The van der Waals surface area contributed by atoms with Crippen LogP contribution in [0, 0.1) is 12.8 Å². The lowest BCUT2D eigenvalue weighted by Crippen LogP contribution is -2.43. The number of nitrogens with zero attached hydrogens (tertiary/aromatic N) is 4. The van der Waals surface area contributed by atoms with E-state index >= 15 is 0 Å². The summed E-state index contributed by atoms with van der Waals surface area (Å²) in [7, 11) is 1.82. The molecule has 0 amide bonds. The fourth-order valence-corrected chi connectivity index (χ4v) is 3.95. The summed E-state index contributed by atoms with van der Waals surface area (Å²) in [6.07, 6.45) is 3.27. The van der Waals surface area contributed by atoms with Crippen molar-refractivity contribution in [1.82, 2.24) is 25.4 Å². The summed E-state index contributed by atoms with van der Waals surface area (Å²) in [5, 5.41) is 13.6. The summed E-state index contributed by atoms with van der Waals surface area (Å²) < 4.78 is 2.02. The minimum absolute atomic E-state index is 0.179. The van der Waals surface area contributed by atoms with E-state index in [4.69, 9.17) is 0 Å². The second kappa shape index (κ2) is 7.79. The molecule has 0 fully saturated rings. The number of aliphatic imine (C=N–C) groups is 1. The number of nitrogens with one attached hydrogen (secondary N) is 2. The van der Waals surface area contributed by atoms with Crippen LogP contribution in [0.1, 0.15) is 42.3 Å². The van der Waals surface area contributed by atoms with E-state index < -0.39 is 0 Å². The van der Waals surface area contributed by atoms with Gasteiger partial charge in [0.25, 0.3) is 0 Å². The molecule has 1 aliphatic rings. The van der Waals surface area contributed by atoms with E-state index in [1.54, 1.807) is 0 Å². The number of fused-ring (bicyclic) bond motifs is 1. The highest BCUT2D eigenvalue weighted by Crippen LogP contribution is 2.22. The van der Waals surface area contributed by atoms with Gasteiger partial charge in [0.1, 0.15) is 11.6 Å². The zero-order valence-electron chi connectivity index (χ0n) is 14.6. The van der Waals surface area contributed by atoms with Crippen LogP contribution in [0.15, 0.2) is 22.5 Å². The zero-order chi connectivity index (χ0) is 16.9. The Balaban J connectivity index is 1.54. The Kier molecular flexibility index (Phi) is 5.50. The molecule has 0 saturated carbocycles. The van der Waals surface area contributed by atoms with E-state index in [0.717, 1.165) is 50.0 Å². The number of hydrogen-bond donors (Lipinski definition) is 2. The third kappa shape index (κ3) is 4.14. The summed E-state index contributed by atoms with van der Waals surface area (Å²) in [6, 6.07) is 4.49. The lowest BCUT2D eigenvalue weighted by molar-refractivity contribution is 0.396. The first-order valence-corrected chi connectivity index (χ1v) is 9.44. The Morgan fingerprint density at radius 2 is 2.42 bits per heavy atom. The summed E-state index contributed by atoms with van der Waals surface area (Å²) >= 11 is 1.82. The molecule has 130 valence electrons. The van der Waals surface area contributed by atoms with Crippen molar-refractivity contribution in [3.8, 4) is 0 Å². The average molecular weight is 347 g/mol. The van der Waals surface area contributed by atoms with Gasteiger partial charge in [-0.2, -0.15) is 5.10 Å². The average Bonchev–Trinajstić information content (AvgIpc) is 3.20. The molecule has 6 nitrogen and oxygen atoms in total. The number of aryl methyl sites for hydroxylation is 2. The highest BCUT2D eigenvalue weighted by molar-refractivity contribution is 7.09. The molecule has 24 heavy (non-hydrogen) atoms. The molecule has 2 aromatic rings. The molecule has 0 aliphatic carbocycles. The Bertz CT molecular complexity index is 675. The number of rotatable bonds is 5. The van der Waals surface area contributed by atoms with Crippen LogP contribution in [0.2, 0.25) is 0 Å². The van der Waals surface area contributed by atoms with Crippen LogP contribution in [-0.4, -0.2) is 34.3 Å². The van der Waals surface area contributed by atoms with Crippen LogP contribution < -0.4 is 10.6 Å². The van der Waals surface area contributed by atoms with Crippen molar-refractivity contribution in [3.05, 3.63) is 34.0 Å². The second-order valence-electron chi connectivity index (χ2n) is 6.42. The van der Waals surface area contributed by atoms with Gasteiger partial charge in [-0.1, -0.05) is 13.0 Å². The summed E-state index contributed by atoms with van der Waals surface area (Å²) in [4.78, 5) is 10.4. The SMILES string of the molecule is CN=C(NCC(C)Cc1cccs1)NC1CCCn2nc(C)nc21. The van der Waals surface area contributed by atoms with Crippen LogP contribution in [0.25, 0.3) is 0 Å². The van der Waals surface area contributed by atoms with Gasteiger partial charge in [0.15, 0.2) is 5.96 Å². The van der Waals surface area contributed by atoms with Gasteiger partial charge in [0.2, 0.25) is 0 Å². The maximum Gasteiger partial charge on any atom is 0.191 e. The van der Waals surface area contributed by atoms with Crippen molar-refractivity contribution >= 4 is 17.3 Å². The fourth-order valence-electron chi connectivity index (χ4n) is 3.08. The van der Waals surface area contributed by atoms with Gasteiger partial charge < -0.3 is 10.6 Å². The smallest absolute Gasteiger partial charge is 0.191 e. The Hall–Kier alpha value is -1.89. The minimum atomic E-state index is 0.179. The fraction of sp³-hybridized carbons (Fsp3) is 0.588. The number of aromatic nitrogens is 3. The predicted octanol–water partition coefficient (Wildman–Crippen LogP) is 2.53. The van der Waals surface area contributed by atoms with Crippen molar-refractivity contribution < 1.29 is 0 Å². The van der Waals surface area contributed by atoms with Gasteiger partial charge in [-0.25, -0.2) is 9.67 Å². The van der Waals surface area contributed by atoms with Crippen LogP contribution in [0.3, 0.4) is 0 Å². The first-order valence-electron chi connectivity index (χ1n) is 8.56. The van der Waals surface area contributed by atoms with E-state index in [-0.39, 0.29) is 6.04 Å². The molecule has 1 aliphatic heterocycles. The molecule has 0 aromatic carbocycles. The van der Waals surface area contributed by atoms with Gasteiger partial charge in [-0.15, -0.1) is 11.3 Å². The van der Waals surface area contributed by atoms with Crippen LogP contribution >= 0.6 is 11.3 Å². The van der Waals surface area contributed by atoms with E-state index in [1.165, 1.54) is 4.88 Å². The molecule has 2 unspecified atom stereocenters. The molecule has 2 N–H and O–H groups in total.